The number of ether oxygens (including phenoxy) is 1. The van der Waals surface area contributed by atoms with Crippen LogP contribution in [0.5, 0.6) is 0 Å². The van der Waals surface area contributed by atoms with Gasteiger partial charge in [0.05, 0.1) is 0 Å². The smallest absolute Gasteiger partial charge is 0.253 e. The van der Waals surface area contributed by atoms with Crippen LogP contribution in [0.1, 0.15) is 58.9 Å². The van der Waals surface area contributed by atoms with E-state index in [1.165, 1.54) is 0 Å². The number of carbonyl (C=O) groups is 1. The van der Waals surface area contributed by atoms with Crippen LogP contribution in [0.4, 0.5) is 5.82 Å². The van der Waals surface area contributed by atoms with Gasteiger partial charge in [0.25, 0.3) is 11.5 Å². The van der Waals surface area contributed by atoms with Gasteiger partial charge in [0, 0.05) is 60.9 Å². The normalized spacial score (nSPS) is 17.5. The predicted molar refractivity (Wildman–Crippen MR) is 125 cm³/mol. The molecule has 0 radical (unpaired) electrons. The number of amides is 1. The second-order valence-corrected chi connectivity index (χ2v) is 8.47. The van der Waals surface area contributed by atoms with E-state index >= 15 is 0 Å². The molecule has 1 fully saturated rings. The summed E-state index contributed by atoms with van der Waals surface area (Å²) in [5.41, 5.74) is 3.89. The predicted octanol–water partition coefficient (Wildman–Crippen LogP) is 3.06. The SMILES string of the molecule is CCN(c1nccc2c1CC=CCCc1cc(C)[nH]c(=O)c1CNC2=O)C1CCOCC1. The quantitative estimate of drug-likeness (QED) is 0.722. The highest BCUT2D eigenvalue weighted by molar-refractivity contribution is 5.96. The summed E-state index contributed by atoms with van der Waals surface area (Å²) < 4.78 is 5.55. The number of aryl methyl sites for hydroxylation is 2. The largest absolute Gasteiger partial charge is 0.381 e. The summed E-state index contributed by atoms with van der Waals surface area (Å²) in [6.45, 7) is 6.56. The molecule has 2 aromatic rings. The van der Waals surface area contributed by atoms with Gasteiger partial charge in [-0.25, -0.2) is 4.98 Å². The van der Waals surface area contributed by atoms with Crippen molar-refractivity contribution in [1.82, 2.24) is 15.3 Å². The molecule has 7 nitrogen and oxygen atoms in total. The van der Waals surface area contributed by atoms with E-state index in [0.717, 1.165) is 68.1 Å². The van der Waals surface area contributed by atoms with Crippen LogP contribution in [0.25, 0.3) is 0 Å². The highest BCUT2D eigenvalue weighted by Gasteiger charge is 2.26. The summed E-state index contributed by atoms with van der Waals surface area (Å²) >= 11 is 0. The first-order valence-corrected chi connectivity index (χ1v) is 11.6. The number of fused-ring (bicyclic) bond motifs is 2. The van der Waals surface area contributed by atoms with Crippen molar-refractivity contribution in [2.24, 2.45) is 0 Å². The first-order chi connectivity index (χ1) is 15.6. The van der Waals surface area contributed by atoms with E-state index in [1.54, 1.807) is 12.3 Å². The molecule has 4 heterocycles. The highest BCUT2D eigenvalue weighted by Crippen LogP contribution is 2.28. The molecule has 2 N–H and O–H groups in total. The molecule has 7 heteroatoms. The molecule has 2 aromatic heterocycles. The zero-order valence-electron chi connectivity index (χ0n) is 18.9. The Labute approximate surface area is 188 Å². The Hall–Kier alpha value is -2.93. The highest BCUT2D eigenvalue weighted by atomic mass is 16.5. The summed E-state index contributed by atoms with van der Waals surface area (Å²) in [7, 11) is 0. The Morgan fingerprint density at radius 1 is 1.19 bits per heavy atom. The lowest BCUT2D eigenvalue weighted by Gasteiger charge is -2.35. The standard InChI is InChI=1S/C25H32N4O3/c1-3-29(19-10-13-32-14-11-19)23-20-8-6-4-5-7-18-15-17(2)28-25(31)22(18)16-27-24(30)21(20)9-12-26-23/h4,6,9,12,15,19H,3,5,7-8,10-11,13-14,16H2,1-2H3,(H,27,30)(H,28,31). The van der Waals surface area contributed by atoms with Crippen LogP contribution < -0.4 is 15.8 Å². The molecule has 32 heavy (non-hydrogen) atoms. The van der Waals surface area contributed by atoms with Crippen molar-refractivity contribution >= 4 is 11.7 Å². The van der Waals surface area contributed by atoms with Crippen LogP contribution in [-0.2, 0) is 24.1 Å². The van der Waals surface area contributed by atoms with Crippen LogP contribution in [0.2, 0.25) is 0 Å². The molecule has 1 amide bonds. The fourth-order valence-electron chi connectivity index (χ4n) is 4.74. The lowest BCUT2D eigenvalue weighted by molar-refractivity contribution is 0.0844. The molecule has 0 unspecified atom stereocenters. The Bertz CT molecular complexity index is 1050. The molecular weight excluding hydrogens is 404 g/mol. The van der Waals surface area contributed by atoms with Gasteiger partial charge in [0.2, 0.25) is 0 Å². The second-order valence-electron chi connectivity index (χ2n) is 8.47. The Morgan fingerprint density at radius 2 is 2.00 bits per heavy atom. The van der Waals surface area contributed by atoms with Crippen LogP contribution >= 0.6 is 0 Å². The third-order valence-electron chi connectivity index (χ3n) is 6.38. The number of anilines is 1. The molecule has 0 saturated carbocycles. The summed E-state index contributed by atoms with van der Waals surface area (Å²) in [5.74, 6) is 0.703. The average Bonchev–Trinajstić information content (AvgIpc) is 2.79. The van der Waals surface area contributed by atoms with Crippen molar-refractivity contribution in [3.8, 4) is 0 Å². The number of hydrogen-bond acceptors (Lipinski definition) is 5. The molecule has 0 atom stereocenters. The van der Waals surface area contributed by atoms with Gasteiger partial charge in [0.15, 0.2) is 0 Å². The van der Waals surface area contributed by atoms with Crippen LogP contribution in [0.3, 0.4) is 0 Å². The monoisotopic (exact) mass is 436 g/mol. The zero-order valence-corrected chi connectivity index (χ0v) is 18.9. The first kappa shape index (κ1) is 22.3. The number of pyridine rings is 2. The maximum absolute atomic E-state index is 13.2. The van der Waals surface area contributed by atoms with E-state index < -0.39 is 0 Å². The number of allylic oxidation sites excluding steroid dienone is 2. The molecule has 2 aliphatic rings. The number of nitrogens with one attached hydrogen (secondary N) is 2. The fraction of sp³-hybridized carbons (Fsp3) is 0.480. The Balaban J connectivity index is 1.70. The first-order valence-electron chi connectivity index (χ1n) is 11.6. The maximum Gasteiger partial charge on any atom is 0.253 e. The second kappa shape index (κ2) is 10.1. The topological polar surface area (TPSA) is 87.3 Å². The lowest BCUT2D eigenvalue weighted by atomic mass is 9.99. The average molecular weight is 437 g/mol. The third-order valence-corrected chi connectivity index (χ3v) is 6.38. The molecule has 170 valence electrons. The van der Waals surface area contributed by atoms with Gasteiger partial charge in [-0.05, 0) is 63.6 Å². The Kier molecular flexibility index (Phi) is 7.05. The van der Waals surface area contributed by atoms with E-state index in [1.807, 2.05) is 13.0 Å². The molecule has 0 bridgehead atoms. The molecule has 0 spiro atoms. The van der Waals surface area contributed by atoms with Crippen molar-refractivity contribution in [3.63, 3.8) is 0 Å². The number of hydrogen-bond donors (Lipinski definition) is 2. The van der Waals surface area contributed by atoms with E-state index in [-0.39, 0.29) is 18.0 Å². The maximum atomic E-state index is 13.2. The molecule has 0 aromatic carbocycles. The third kappa shape index (κ3) is 4.78. The van der Waals surface area contributed by atoms with Gasteiger partial charge in [0.1, 0.15) is 5.82 Å². The molecule has 4 rings (SSSR count). The van der Waals surface area contributed by atoms with Gasteiger partial charge in [-0.3, -0.25) is 9.59 Å². The summed E-state index contributed by atoms with van der Waals surface area (Å²) in [6.07, 6.45) is 10.2. The fourth-order valence-corrected chi connectivity index (χ4v) is 4.74. The molecule has 1 saturated heterocycles. The van der Waals surface area contributed by atoms with E-state index in [0.29, 0.717) is 23.6 Å². The van der Waals surface area contributed by atoms with Crippen molar-refractivity contribution in [2.75, 3.05) is 24.7 Å². The van der Waals surface area contributed by atoms with Crippen molar-refractivity contribution in [1.29, 1.82) is 0 Å². The van der Waals surface area contributed by atoms with E-state index in [4.69, 9.17) is 9.72 Å². The molecule has 2 aliphatic heterocycles. The van der Waals surface area contributed by atoms with E-state index in [2.05, 4.69) is 34.3 Å². The summed E-state index contributed by atoms with van der Waals surface area (Å²) in [5, 5.41) is 2.99. The summed E-state index contributed by atoms with van der Waals surface area (Å²) in [4.78, 5) is 35.7. The van der Waals surface area contributed by atoms with Crippen molar-refractivity contribution in [2.45, 2.75) is 58.5 Å². The Morgan fingerprint density at radius 3 is 2.78 bits per heavy atom. The van der Waals surface area contributed by atoms with Crippen molar-refractivity contribution in [3.05, 3.63) is 68.8 Å². The van der Waals surface area contributed by atoms with Crippen LogP contribution in [-0.4, -0.2) is 41.7 Å². The summed E-state index contributed by atoms with van der Waals surface area (Å²) in [6, 6.07) is 4.15. The van der Waals surface area contributed by atoms with Crippen LogP contribution in [0.15, 0.2) is 35.3 Å². The zero-order chi connectivity index (χ0) is 22.5. The molecular formula is C25H32N4O3. The van der Waals surface area contributed by atoms with Gasteiger partial charge < -0.3 is 19.9 Å². The van der Waals surface area contributed by atoms with Gasteiger partial charge in [-0.2, -0.15) is 0 Å². The van der Waals surface area contributed by atoms with E-state index in [9.17, 15) is 9.59 Å². The number of aromatic nitrogens is 2. The minimum Gasteiger partial charge on any atom is -0.381 e. The minimum absolute atomic E-state index is 0.131. The number of rotatable bonds is 3. The van der Waals surface area contributed by atoms with Gasteiger partial charge in [-0.15, -0.1) is 0 Å². The van der Waals surface area contributed by atoms with Gasteiger partial charge in [-0.1, -0.05) is 12.2 Å². The number of nitrogens with zero attached hydrogens (tertiary/aromatic N) is 2. The number of carbonyl (C=O) groups excluding carboxylic acids is 1. The minimum atomic E-state index is -0.174. The molecule has 0 aliphatic carbocycles. The van der Waals surface area contributed by atoms with Gasteiger partial charge >= 0.3 is 0 Å². The van der Waals surface area contributed by atoms with Crippen LogP contribution in [0, 0.1) is 6.92 Å². The lowest BCUT2D eigenvalue weighted by Crippen LogP contribution is -2.41. The number of H-pyrrole nitrogens is 1. The number of aromatic amines is 1. The van der Waals surface area contributed by atoms with Crippen molar-refractivity contribution < 1.29 is 9.53 Å².